The SMILES string of the molecule is CCc1c(CN2CCCC(O)C2)cccc1Nc1c(C(N)=O)cnc2[nH]c(-c3ccc(OCCO)cc3)nc12. The molecular formula is C29H34N6O4. The number of fused-ring (bicyclic) bond motifs is 1. The number of benzene rings is 2. The molecule has 3 heterocycles. The Morgan fingerprint density at radius 1 is 1.26 bits per heavy atom. The zero-order valence-corrected chi connectivity index (χ0v) is 22.0. The Kier molecular flexibility index (Phi) is 8.06. The van der Waals surface area contributed by atoms with Crippen molar-refractivity contribution >= 4 is 28.4 Å². The summed E-state index contributed by atoms with van der Waals surface area (Å²) in [6.45, 7) is 4.64. The molecule has 0 bridgehead atoms. The van der Waals surface area contributed by atoms with Gasteiger partial charge in [0.1, 0.15) is 23.7 Å². The normalized spacial score (nSPS) is 15.9. The van der Waals surface area contributed by atoms with E-state index < -0.39 is 5.91 Å². The van der Waals surface area contributed by atoms with E-state index in [1.165, 1.54) is 11.8 Å². The first kappa shape index (κ1) is 26.6. The molecule has 1 unspecified atom stereocenters. The van der Waals surface area contributed by atoms with Crippen LogP contribution in [0.2, 0.25) is 0 Å². The number of nitrogens with one attached hydrogen (secondary N) is 2. The van der Waals surface area contributed by atoms with Crippen molar-refractivity contribution in [3.63, 3.8) is 0 Å². The number of hydrogen-bond donors (Lipinski definition) is 5. The van der Waals surface area contributed by atoms with Crippen molar-refractivity contribution in [3.05, 3.63) is 65.4 Å². The van der Waals surface area contributed by atoms with E-state index >= 15 is 0 Å². The highest BCUT2D eigenvalue weighted by atomic mass is 16.5. The lowest BCUT2D eigenvalue weighted by molar-refractivity contribution is 0.0667. The summed E-state index contributed by atoms with van der Waals surface area (Å²) < 4.78 is 5.45. The van der Waals surface area contributed by atoms with E-state index in [1.54, 1.807) is 12.1 Å². The van der Waals surface area contributed by atoms with E-state index in [4.69, 9.17) is 20.6 Å². The van der Waals surface area contributed by atoms with Gasteiger partial charge >= 0.3 is 0 Å². The topological polar surface area (TPSA) is 150 Å². The Balaban J connectivity index is 1.49. The number of pyridine rings is 1. The standard InChI is InChI=1S/C29H34N6O4/c1-2-22-19(16-35-12-4-6-20(37)17-35)5-3-7-24(22)32-25-23(27(30)38)15-31-29-26(25)33-28(34-29)18-8-10-21(11-9-18)39-14-13-36/h3,5,7-11,15,20,36-37H,2,4,6,12-14,16-17H2,1H3,(H2,30,38)(H2,31,32,33,34). The van der Waals surface area contributed by atoms with Crippen LogP contribution in [-0.4, -0.2) is 68.4 Å². The Labute approximate surface area is 226 Å². The fraction of sp³-hybridized carbons (Fsp3) is 0.345. The van der Waals surface area contributed by atoms with Gasteiger partial charge in [-0.1, -0.05) is 19.1 Å². The second-order valence-corrected chi connectivity index (χ2v) is 9.74. The van der Waals surface area contributed by atoms with E-state index in [-0.39, 0.29) is 24.9 Å². The second-order valence-electron chi connectivity index (χ2n) is 9.74. The Bertz CT molecular complexity index is 1450. The third kappa shape index (κ3) is 5.88. The zero-order chi connectivity index (χ0) is 27.4. The lowest BCUT2D eigenvalue weighted by Gasteiger charge is -2.31. The highest BCUT2D eigenvalue weighted by Gasteiger charge is 2.21. The van der Waals surface area contributed by atoms with Crippen LogP contribution in [0.5, 0.6) is 5.75 Å². The summed E-state index contributed by atoms with van der Waals surface area (Å²) in [5.74, 6) is 0.633. The Morgan fingerprint density at radius 3 is 2.79 bits per heavy atom. The molecule has 204 valence electrons. The van der Waals surface area contributed by atoms with E-state index in [1.807, 2.05) is 24.3 Å². The van der Waals surface area contributed by atoms with Gasteiger partial charge in [-0.15, -0.1) is 0 Å². The van der Waals surface area contributed by atoms with Gasteiger partial charge in [-0.05, 0) is 67.3 Å². The molecule has 10 nitrogen and oxygen atoms in total. The van der Waals surface area contributed by atoms with Crippen LogP contribution < -0.4 is 15.8 Å². The minimum Gasteiger partial charge on any atom is -0.491 e. The fourth-order valence-corrected chi connectivity index (χ4v) is 5.14. The van der Waals surface area contributed by atoms with Gasteiger partial charge in [-0.3, -0.25) is 9.69 Å². The second kappa shape index (κ2) is 11.8. The van der Waals surface area contributed by atoms with Gasteiger partial charge in [0.25, 0.3) is 5.91 Å². The molecule has 0 radical (unpaired) electrons. The van der Waals surface area contributed by atoms with E-state index in [0.29, 0.717) is 35.0 Å². The summed E-state index contributed by atoms with van der Waals surface area (Å²) in [7, 11) is 0. The minimum atomic E-state index is -0.599. The molecule has 1 atom stereocenters. The Morgan fingerprint density at radius 2 is 2.08 bits per heavy atom. The molecule has 1 amide bonds. The molecule has 1 fully saturated rings. The van der Waals surface area contributed by atoms with Crippen LogP contribution in [0.1, 0.15) is 41.3 Å². The van der Waals surface area contributed by atoms with Crippen molar-refractivity contribution in [2.45, 2.75) is 38.8 Å². The summed E-state index contributed by atoms with van der Waals surface area (Å²) >= 11 is 0. The molecule has 1 aliphatic rings. The van der Waals surface area contributed by atoms with Gasteiger partial charge in [0.2, 0.25) is 0 Å². The highest BCUT2D eigenvalue weighted by Crippen LogP contribution is 2.33. The summed E-state index contributed by atoms with van der Waals surface area (Å²) in [4.78, 5) is 27.1. The smallest absolute Gasteiger partial charge is 0.252 e. The maximum Gasteiger partial charge on any atom is 0.252 e. The third-order valence-electron chi connectivity index (χ3n) is 7.03. The third-order valence-corrected chi connectivity index (χ3v) is 7.03. The summed E-state index contributed by atoms with van der Waals surface area (Å²) in [6, 6.07) is 13.4. The summed E-state index contributed by atoms with van der Waals surface area (Å²) in [5.41, 5.74) is 11.5. The molecule has 39 heavy (non-hydrogen) atoms. The van der Waals surface area contributed by atoms with Gasteiger partial charge in [0.15, 0.2) is 5.65 Å². The monoisotopic (exact) mass is 530 g/mol. The van der Waals surface area contributed by atoms with Gasteiger partial charge < -0.3 is 31.0 Å². The average molecular weight is 531 g/mol. The van der Waals surface area contributed by atoms with Crippen molar-refractivity contribution in [1.82, 2.24) is 19.9 Å². The Hall–Kier alpha value is -3.99. The number of anilines is 2. The molecule has 0 spiro atoms. The number of imidazole rings is 1. The molecule has 0 aliphatic carbocycles. The number of nitrogens with two attached hydrogens (primary N) is 1. The number of aromatic nitrogens is 3. The molecule has 2 aromatic carbocycles. The summed E-state index contributed by atoms with van der Waals surface area (Å²) in [5, 5.41) is 22.6. The van der Waals surface area contributed by atoms with Crippen molar-refractivity contribution < 1.29 is 19.7 Å². The number of ether oxygens (including phenoxy) is 1. The number of aromatic amines is 1. The summed E-state index contributed by atoms with van der Waals surface area (Å²) in [6.07, 6.45) is 3.79. The van der Waals surface area contributed by atoms with Crippen LogP contribution in [0.4, 0.5) is 11.4 Å². The number of rotatable bonds is 10. The maximum atomic E-state index is 12.4. The van der Waals surface area contributed by atoms with Crippen LogP contribution in [0, 0.1) is 0 Å². The lowest BCUT2D eigenvalue weighted by atomic mass is 10.00. The van der Waals surface area contributed by atoms with E-state index in [0.717, 1.165) is 49.2 Å². The minimum absolute atomic E-state index is 0.0565. The van der Waals surface area contributed by atoms with Gasteiger partial charge in [-0.2, -0.15) is 0 Å². The fourth-order valence-electron chi connectivity index (χ4n) is 5.14. The van der Waals surface area contributed by atoms with Gasteiger partial charge in [0, 0.05) is 30.5 Å². The molecule has 4 aromatic rings. The molecule has 0 saturated carbocycles. The van der Waals surface area contributed by atoms with Crippen LogP contribution >= 0.6 is 0 Å². The largest absolute Gasteiger partial charge is 0.491 e. The molecular weight excluding hydrogens is 496 g/mol. The van der Waals surface area contributed by atoms with Crippen LogP contribution in [0.15, 0.2) is 48.7 Å². The number of piperidine rings is 1. The quantitative estimate of drug-likeness (QED) is 0.210. The first-order valence-electron chi connectivity index (χ1n) is 13.3. The molecule has 5 rings (SSSR count). The molecule has 1 saturated heterocycles. The predicted molar refractivity (Wildman–Crippen MR) is 150 cm³/mol. The number of H-pyrrole nitrogens is 1. The predicted octanol–water partition coefficient (Wildman–Crippen LogP) is 3.36. The number of nitrogens with zero attached hydrogens (tertiary/aromatic N) is 3. The average Bonchev–Trinajstić information content (AvgIpc) is 3.37. The van der Waals surface area contributed by atoms with Crippen molar-refractivity contribution in [1.29, 1.82) is 0 Å². The zero-order valence-electron chi connectivity index (χ0n) is 22.0. The van der Waals surface area contributed by atoms with Crippen LogP contribution in [-0.2, 0) is 13.0 Å². The number of aliphatic hydroxyl groups is 2. The van der Waals surface area contributed by atoms with Crippen molar-refractivity contribution in [2.24, 2.45) is 5.73 Å². The number of likely N-dealkylation sites (tertiary alicyclic amines) is 1. The first-order valence-corrected chi connectivity index (χ1v) is 13.3. The van der Waals surface area contributed by atoms with Crippen LogP contribution in [0.3, 0.4) is 0 Å². The van der Waals surface area contributed by atoms with Gasteiger partial charge in [0.05, 0.1) is 24.0 Å². The number of carbonyl (C=O) groups excluding carboxylic acids is 1. The van der Waals surface area contributed by atoms with Crippen LogP contribution in [0.25, 0.3) is 22.6 Å². The number of hydrogen-bond acceptors (Lipinski definition) is 8. The molecule has 6 N–H and O–H groups in total. The molecule has 2 aromatic heterocycles. The number of primary amides is 1. The highest BCUT2D eigenvalue weighted by molar-refractivity contribution is 6.06. The van der Waals surface area contributed by atoms with E-state index in [2.05, 4.69) is 33.2 Å². The molecule has 10 heteroatoms. The van der Waals surface area contributed by atoms with Crippen molar-refractivity contribution in [3.8, 4) is 17.1 Å². The number of carbonyl (C=O) groups is 1. The maximum absolute atomic E-state index is 12.4. The number of aliphatic hydroxyl groups excluding tert-OH is 2. The first-order chi connectivity index (χ1) is 19.0. The van der Waals surface area contributed by atoms with E-state index in [9.17, 15) is 9.90 Å². The number of β-amino-alcohol motifs (C(OH)–C–C–N with tert-alkyl or cyclic N) is 1. The van der Waals surface area contributed by atoms with Gasteiger partial charge in [-0.25, -0.2) is 9.97 Å². The lowest BCUT2D eigenvalue weighted by Crippen LogP contribution is -2.37. The number of amides is 1. The molecule has 1 aliphatic heterocycles. The van der Waals surface area contributed by atoms with Crippen molar-refractivity contribution in [2.75, 3.05) is 31.6 Å².